The minimum atomic E-state index is 1.06. The van der Waals surface area contributed by atoms with Crippen LogP contribution in [0.15, 0.2) is 6.20 Å². The van der Waals surface area contributed by atoms with Crippen LogP contribution in [-0.2, 0) is 6.42 Å². The molecule has 0 atom stereocenters. The lowest BCUT2D eigenvalue weighted by molar-refractivity contribution is 1.03. The highest BCUT2D eigenvalue weighted by Gasteiger charge is 2.09. The fourth-order valence-electron chi connectivity index (χ4n) is 0.976. The van der Waals surface area contributed by atoms with Gasteiger partial charge in [-0.2, -0.15) is 5.10 Å². The van der Waals surface area contributed by atoms with Crippen molar-refractivity contribution in [1.29, 1.82) is 0 Å². The van der Waals surface area contributed by atoms with Crippen molar-refractivity contribution in [2.24, 2.45) is 0 Å². The molecule has 0 saturated carbocycles. The summed E-state index contributed by atoms with van der Waals surface area (Å²) in [5, 5.41) is 9.87. The van der Waals surface area contributed by atoms with Gasteiger partial charge in [0, 0.05) is 12.1 Å². The van der Waals surface area contributed by atoms with Crippen LogP contribution >= 0.6 is 0 Å². The van der Waals surface area contributed by atoms with Gasteiger partial charge in [0.15, 0.2) is 0 Å². The molecule has 0 saturated heterocycles. The van der Waals surface area contributed by atoms with E-state index in [1.54, 1.807) is 0 Å². The van der Waals surface area contributed by atoms with Gasteiger partial charge in [-0.1, -0.05) is 0 Å². The SMILES string of the molecule is c1n[nH]c2c1CCN2. The average molecular weight is 109 g/mol. The summed E-state index contributed by atoms with van der Waals surface area (Å²) >= 11 is 0. The van der Waals surface area contributed by atoms with Crippen LogP contribution in [0.5, 0.6) is 0 Å². The molecule has 42 valence electrons. The van der Waals surface area contributed by atoms with E-state index in [0.29, 0.717) is 0 Å². The van der Waals surface area contributed by atoms with Gasteiger partial charge in [-0.15, -0.1) is 0 Å². The van der Waals surface area contributed by atoms with E-state index in [-0.39, 0.29) is 0 Å². The summed E-state index contributed by atoms with van der Waals surface area (Å²) in [6.45, 7) is 1.06. The minimum absolute atomic E-state index is 1.06. The van der Waals surface area contributed by atoms with Crippen LogP contribution in [0.25, 0.3) is 0 Å². The van der Waals surface area contributed by atoms with E-state index in [9.17, 15) is 0 Å². The molecular weight excluding hydrogens is 102 g/mol. The minimum Gasteiger partial charge on any atom is -0.370 e. The Kier molecular flexibility index (Phi) is 0.614. The van der Waals surface area contributed by atoms with Gasteiger partial charge in [-0.05, 0) is 6.42 Å². The zero-order valence-electron chi connectivity index (χ0n) is 4.44. The van der Waals surface area contributed by atoms with Crippen LogP contribution in [0.4, 0.5) is 5.82 Å². The van der Waals surface area contributed by atoms with Crippen LogP contribution in [0.3, 0.4) is 0 Å². The van der Waals surface area contributed by atoms with E-state index in [0.717, 1.165) is 18.8 Å². The molecule has 0 radical (unpaired) electrons. The Bertz CT molecular complexity index is 173. The number of aromatic amines is 1. The summed E-state index contributed by atoms with van der Waals surface area (Å²) < 4.78 is 0. The largest absolute Gasteiger partial charge is 0.370 e. The number of aromatic nitrogens is 2. The molecule has 2 rings (SSSR count). The molecule has 2 N–H and O–H groups in total. The smallest absolute Gasteiger partial charge is 0.124 e. The van der Waals surface area contributed by atoms with Crippen molar-refractivity contribution in [2.45, 2.75) is 6.42 Å². The van der Waals surface area contributed by atoms with E-state index < -0.39 is 0 Å². The maximum Gasteiger partial charge on any atom is 0.124 e. The molecule has 0 spiro atoms. The quantitative estimate of drug-likeness (QED) is 0.505. The molecule has 2 heterocycles. The predicted octanol–water partition coefficient (Wildman–Crippen LogP) is 0.378. The van der Waals surface area contributed by atoms with Crippen molar-refractivity contribution in [3.63, 3.8) is 0 Å². The Morgan fingerprint density at radius 1 is 1.62 bits per heavy atom. The van der Waals surface area contributed by atoms with Crippen molar-refractivity contribution < 1.29 is 0 Å². The summed E-state index contributed by atoms with van der Waals surface area (Å²) in [6.07, 6.45) is 2.99. The third kappa shape index (κ3) is 0.358. The lowest BCUT2D eigenvalue weighted by Gasteiger charge is -1.86. The lowest BCUT2D eigenvalue weighted by Crippen LogP contribution is -1.93. The summed E-state index contributed by atoms with van der Waals surface area (Å²) in [4.78, 5) is 0. The number of hydrogen-bond acceptors (Lipinski definition) is 2. The molecule has 1 aliphatic heterocycles. The second-order valence-corrected chi connectivity index (χ2v) is 1.95. The summed E-state index contributed by atoms with van der Waals surface area (Å²) in [5.41, 5.74) is 1.31. The molecule has 0 aromatic carbocycles. The summed E-state index contributed by atoms with van der Waals surface area (Å²) in [6, 6.07) is 0. The molecule has 8 heavy (non-hydrogen) atoms. The van der Waals surface area contributed by atoms with E-state index in [2.05, 4.69) is 15.5 Å². The Morgan fingerprint density at radius 2 is 2.62 bits per heavy atom. The highest BCUT2D eigenvalue weighted by molar-refractivity contribution is 5.47. The summed E-state index contributed by atoms with van der Waals surface area (Å²) in [5.74, 6) is 1.10. The molecule has 0 bridgehead atoms. The Balaban J connectivity index is 2.54. The fraction of sp³-hybridized carbons (Fsp3) is 0.400. The van der Waals surface area contributed by atoms with E-state index in [1.807, 2.05) is 6.20 Å². The Labute approximate surface area is 47.1 Å². The Morgan fingerprint density at radius 3 is 3.50 bits per heavy atom. The van der Waals surface area contributed by atoms with Gasteiger partial charge < -0.3 is 5.32 Å². The molecule has 3 nitrogen and oxygen atoms in total. The molecule has 0 aliphatic carbocycles. The van der Waals surface area contributed by atoms with E-state index in [1.165, 1.54) is 5.56 Å². The maximum atomic E-state index is 3.86. The zero-order chi connectivity index (χ0) is 5.40. The maximum absolute atomic E-state index is 3.86. The third-order valence-electron chi connectivity index (χ3n) is 1.41. The van der Waals surface area contributed by atoms with Gasteiger partial charge >= 0.3 is 0 Å². The third-order valence-corrected chi connectivity index (χ3v) is 1.41. The molecule has 1 aliphatic rings. The van der Waals surface area contributed by atoms with Gasteiger partial charge in [0.1, 0.15) is 5.82 Å². The molecule has 1 aromatic heterocycles. The first-order valence-corrected chi connectivity index (χ1v) is 2.73. The van der Waals surface area contributed by atoms with Crippen LogP contribution in [0, 0.1) is 0 Å². The molecule has 0 unspecified atom stereocenters. The van der Waals surface area contributed by atoms with Crippen molar-refractivity contribution in [2.75, 3.05) is 11.9 Å². The number of anilines is 1. The number of hydrogen-bond donors (Lipinski definition) is 2. The lowest BCUT2D eigenvalue weighted by atomic mass is 10.3. The monoisotopic (exact) mass is 109 g/mol. The molecule has 1 aromatic rings. The first kappa shape index (κ1) is 3.95. The van der Waals surface area contributed by atoms with Crippen LogP contribution in [0.2, 0.25) is 0 Å². The molecule has 0 fully saturated rings. The number of nitrogens with one attached hydrogen (secondary N) is 2. The normalized spacial score (nSPS) is 15.5. The number of H-pyrrole nitrogens is 1. The van der Waals surface area contributed by atoms with Gasteiger partial charge in [0.05, 0.1) is 6.20 Å². The second kappa shape index (κ2) is 1.24. The standard InChI is InChI=1S/C5H7N3/c1-2-6-5-4(1)3-7-8-5/h3H,1-2H2,(H2,6,7,8). The van der Waals surface area contributed by atoms with Gasteiger partial charge in [-0.3, -0.25) is 5.10 Å². The molecule has 3 heteroatoms. The van der Waals surface area contributed by atoms with E-state index >= 15 is 0 Å². The molecule has 0 amide bonds. The second-order valence-electron chi connectivity index (χ2n) is 1.95. The highest BCUT2D eigenvalue weighted by Crippen LogP contribution is 2.16. The first-order chi connectivity index (χ1) is 3.97. The van der Waals surface area contributed by atoms with E-state index in [4.69, 9.17) is 0 Å². The number of rotatable bonds is 0. The molecular formula is C5H7N3. The van der Waals surface area contributed by atoms with Gasteiger partial charge in [-0.25, -0.2) is 0 Å². The topological polar surface area (TPSA) is 40.7 Å². The highest BCUT2D eigenvalue weighted by atomic mass is 15.2. The first-order valence-electron chi connectivity index (χ1n) is 2.73. The van der Waals surface area contributed by atoms with Crippen LogP contribution in [0.1, 0.15) is 5.56 Å². The number of nitrogens with zero attached hydrogens (tertiary/aromatic N) is 1. The van der Waals surface area contributed by atoms with Crippen LogP contribution < -0.4 is 5.32 Å². The summed E-state index contributed by atoms with van der Waals surface area (Å²) in [7, 11) is 0. The average Bonchev–Trinajstić information content (AvgIpc) is 2.15. The van der Waals surface area contributed by atoms with Gasteiger partial charge in [0.25, 0.3) is 0 Å². The van der Waals surface area contributed by atoms with Crippen molar-refractivity contribution >= 4 is 5.82 Å². The predicted molar refractivity (Wildman–Crippen MR) is 30.8 cm³/mol. The van der Waals surface area contributed by atoms with Crippen LogP contribution in [-0.4, -0.2) is 16.7 Å². The van der Waals surface area contributed by atoms with Crippen molar-refractivity contribution in [1.82, 2.24) is 10.2 Å². The number of fused-ring (bicyclic) bond motifs is 1. The Hall–Kier alpha value is -0.990. The van der Waals surface area contributed by atoms with Crippen molar-refractivity contribution in [3.8, 4) is 0 Å². The van der Waals surface area contributed by atoms with Gasteiger partial charge in [0.2, 0.25) is 0 Å². The fourth-order valence-corrected chi connectivity index (χ4v) is 0.976. The van der Waals surface area contributed by atoms with Crippen molar-refractivity contribution in [3.05, 3.63) is 11.8 Å². The zero-order valence-corrected chi connectivity index (χ0v) is 4.44.